The Labute approximate surface area is 116 Å². The Bertz CT molecular complexity index is 516. The van der Waals surface area contributed by atoms with E-state index < -0.39 is 5.25 Å². The van der Waals surface area contributed by atoms with Crippen molar-refractivity contribution in [2.45, 2.75) is 42.8 Å². The van der Waals surface area contributed by atoms with E-state index in [4.69, 9.17) is 0 Å². The van der Waals surface area contributed by atoms with E-state index >= 15 is 0 Å². The Kier molecular flexibility index (Phi) is 4.24. The van der Waals surface area contributed by atoms with Gasteiger partial charge in [0.15, 0.2) is 0 Å². The van der Waals surface area contributed by atoms with Crippen LogP contribution in [0.5, 0.6) is 0 Å². The highest BCUT2D eigenvalue weighted by molar-refractivity contribution is 8.00. The van der Waals surface area contributed by atoms with Gasteiger partial charge in [-0.2, -0.15) is 0 Å². The van der Waals surface area contributed by atoms with Crippen LogP contribution in [-0.2, 0) is 9.59 Å². The number of thioether (sulfide) groups is 1. The van der Waals surface area contributed by atoms with Gasteiger partial charge in [-0.3, -0.25) is 14.9 Å². The molecule has 0 aromatic heterocycles. The van der Waals surface area contributed by atoms with Crippen molar-refractivity contribution >= 4 is 23.6 Å². The van der Waals surface area contributed by atoms with Crippen molar-refractivity contribution in [1.82, 2.24) is 5.32 Å². The predicted molar refractivity (Wildman–Crippen MR) is 72.5 cm³/mol. The zero-order chi connectivity index (χ0) is 14.0. The summed E-state index contributed by atoms with van der Waals surface area (Å²) in [5.74, 6) is -0.588. The van der Waals surface area contributed by atoms with E-state index in [1.165, 1.54) is 17.8 Å². The number of imide groups is 1. The van der Waals surface area contributed by atoms with Gasteiger partial charge in [-0.1, -0.05) is 19.9 Å². The van der Waals surface area contributed by atoms with Crippen LogP contribution >= 0.6 is 11.8 Å². The molecule has 1 aliphatic rings. The lowest BCUT2D eigenvalue weighted by atomic mass is 10.0. The highest BCUT2D eigenvalue weighted by Crippen LogP contribution is 2.32. The van der Waals surface area contributed by atoms with Gasteiger partial charge in [0.2, 0.25) is 11.8 Å². The van der Waals surface area contributed by atoms with Crippen LogP contribution in [0, 0.1) is 5.82 Å². The van der Waals surface area contributed by atoms with Crippen LogP contribution < -0.4 is 5.32 Å². The quantitative estimate of drug-likeness (QED) is 0.867. The molecule has 0 aliphatic carbocycles. The van der Waals surface area contributed by atoms with Gasteiger partial charge in [-0.05, 0) is 30.0 Å². The fourth-order valence-electron chi connectivity index (χ4n) is 1.91. The third kappa shape index (κ3) is 3.35. The summed E-state index contributed by atoms with van der Waals surface area (Å²) in [6, 6.07) is 4.98. The van der Waals surface area contributed by atoms with Crippen molar-refractivity contribution in [2.75, 3.05) is 0 Å². The highest BCUT2D eigenvalue weighted by Gasteiger charge is 2.28. The van der Waals surface area contributed by atoms with Crippen LogP contribution in [0.25, 0.3) is 0 Å². The summed E-state index contributed by atoms with van der Waals surface area (Å²) in [4.78, 5) is 23.2. The first-order valence-electron chi connectivity index (χ1n) is 6.27. The second-order valence-electron chi connectivity index (χ2n) is 4.90. The van der Waals surface area contributed by atoms with Gasteiger partial charge in [-0.15, -0.1) is 11.8 Å². The van der Waals surface area contributed by atoms with Gasteiger partial charge in [-0.25, -0.2) is 4.39 Å². The van der Waals surface area contributed by atoms with Gasteiger partial charge in [0, 0.05) is 11.3 Å². The molecule has 1 N–H and O–H groups in total. The molecule has 5 heteroatoms. The molecule has 19 heavy (non-hydrogen) atoms. The van der Waals surface area contributed by atoms with Crippen molar-refractivity contribution in [3.05, 3.63) is 29.6 Å². The number of benzene rings is 1. The second-order valence-corrected chi connectivity index (χ2v) is 6.15. The van der Waals surface area contributed by atoms with Crippen LogP contribution in [0.1, 0.15) is 38.2 Å². The zero-order valence-corrected chi connectivity index (χ0v) is 11.7. The molecule has 1 unspecified atom stereocenters. The van der Waals surface area contributed by atoms with Gasteiger partial charge < -0.3 is 0 Å². The van der Waals surface area contributed by atoms with Gasteiger partial charge in [0.1, 0.15) is 5.82 Å². The van der Waals surface area contributed by atoms with Crippen molar-refractivity contribution in [1.29, 1.82) is 0 Å². The van der Waals surface area contributed by atoms with Crippen LogP contribution in [0.4, 0.5) is 4.39 Å². The van der Waals surface area contributed by atoms with Crippen LogP contribution in [0.3, 0.4) is 0 Å². The summed E-state index contributed by atoms with van der Waals surface area (Å²) in [7, 11) is 0. The monoisotopic (exact) mass is 281 g/mol. The number of rotatable bonds is 3. The van der Waals surface area contributed by atoms with E-state index in [1.54, 1.807) is 12.1 Å². The Balaban J connectivity index is 2.16. The average molecular weight is 281 g/mol. The number of carbonyl (C=O) groups is 2. The molecule has 1 saturated heterocycles. The largest absolute Gasteiger partial charge is 0.295 e. The molecule has 1 aliphatic heterocycles. The number of hydrogen-bond acceptors (Lipinski definition) is 3. The predicted octanol–water partition coefficient (Wildman–Crippen LogP) is 2.85. The summed E-state index contributed by atoms with van der Waals surface area (Å²) in [5.41, 5.74) is 1.04. The molecular formula is C14H16FNO2S. The SMILES string of the molecule is CC(C)c1ccc(F)c(SC2CCC(=O)NC2=O)c1. The first-order chi connectivity index (χ1) is 8.97. The number of carbonyl (C=O) groups excluding carboxylic acids is 2. The van der Waals surface area contributed by atoms with E-state index in [9.17, 15) is 14.0 Å². The van der Waals surface area contributed by atoms with Gasteiger partial charge in [0.05, 0.1) is 5.25 Å². The van der Waals surface area contributed by atoms with Crippen molar-refractivity contribution < 1.29 is 14.0 Å². The molecule has 0 saturated carbocycles. The standard InChI is InChI=1S/C14H16FNO2S/c1-8(2)9-3-4-10(15)12(7-9)19-11-5-6-13(17)16-14(11)18/h3-4,7-8,11H,5-6H2,1-2H3,(H,16,17,18). The van der Waals surface area contributed by atoms with Crippen LogP contribution in [-0.4, -0.2) is 17.1 Å². The second kappa shape index (κ2) is 5.74. The molecule has 2 rings (SSSR count). The number of piperidine rings is 1. The summed E-state index contributed by atoms with van der Waals surface area (Å²) < 4.78 is 13.8. The van der Waals surface area contributed by atoms with Gasteiger partial charge in [0.25, 0.3) is 0 Å². The number of halogens is 1. The topological polar surface area (TPSA) is 46.2 Å². The molecule has 1 aromatic carbocycles. The highest BCUT2D eigenvalue weighted by atomic mass is 32.2. The number of amides is 2. The number of nitrogens with one attached hydrogen (secondary N) is 1. The Morgan fingerprint density at radius 2 is 2.11 bits per heavy atom. The lowest BCUT2D eigenvalue weighted by Gasteiger charge is -2.20. The van der Waals surface area contributed by atoms with Crippen LogP contribution in [0.15, 0.2) is 23.1 Å². The minimum absolute atomic E-state index is 0.252. The maximum Gasteiger partial charge on any atom is 0.240 e. The zero-order valence-electron chi connectivity index (χ0n) is 10.9. The third-order valence-corrected chi connectivity index (χ3v) is 4.38. The Hall–Kier alpha value is -1.36. The molecule has 0 radical (unpaired) electrons. The lowest BCUT2D eigenvalue weighted by Crippen LogP contribution is -2.42. The number of hydrogen-bond donors (Lipinski definition) is 1. The minimum Gasteiger partial charge on any atom is -0.295 e. The molecule has 1 atom stereocenters. The molecule has 1 heterocycles. The first-order valence-corrected chi connectivity index (χ1v) is 7.15. The van der Waals surface area contributed by atoms with E-state index in [0.717, 1.165) is 5.56 Å². The molecule has 1 fully saturated rings. The van der Waals surface area contributed by atoms with E-state index in [0.29, 0.717) is 23.7 Å². The van der Waals surface area contributed by atoms with Gasteiger partial charge >= 0.3 is 0 Å². The van der Waals surface area contributed by atoms with Crippen molar-refractivity contribution in [2.24, 2.45) is 0 Å². The Morgan fingerprint density at radius 1 is 1.37 bits per heavy atom. The molecule has 0 bridgehead atoms. The third-order valence-electron chi connectivity index (χ3n) is 3.08. The molecule has 0 spiro atoms. The van der Waals surface area contributed by atoms with E-state index in [1.807, 2.05) is 13.8 Å². The average Bonchev–Trinajstić information content (AvgIpc) is 2.34. The maximum absolute atomic E-state index is 13.8. The van der Waals surface area contributed by atoms with Crippen molar-refractivity contribution in [3.63, 3.8) is 0 Å². The summed E-state index contributed by atoms with van der Waals surface area (Å²) >= 11 is 1.19. The smallest absolute Gasteiger partial charge is 0.240 e. The Morgan fingerprint density at radius 3 is 2.74 bits per heavy atom. The fraction of sp³-hybridized carbons (Fsp3) is 0.429. The molecule has 2 amide bonds. The van der Waals surface area contributed by atoms with E-state index in [-0.39, 0.29) is 17.6 Å². The lowest BCUT2D eigenvalue weighted by molar-refractivity contribution is -0.132. The van der Waals surface area contributed by atoms with Crippen molar-refractivity contribution in [3.8, 4) is 0 Å². The normalized spacial score (nSPS) is 19.7. The molecule has 1 aromatic rings. The fourth-order valence-corrected chi connectivity index (χ4v) is 3.00. The molecule has 3 nitrogen and oxygen atoms in total. The summed E-state index contributed by atoms with van der Waals surface area (Å²) in [5, 5.41) is 1.89. The molecule has 102 valence electrons. The maximum atomic E-state index is 13.8. The van der Waals surface area contributed by atoms with E-state index in [2.05, 4.69) is 5.32 Å². The summed E-state index contributed by atoms with van der Waals surface area (Å²) in [6.45, 7) is 4.07. The minimum atomic E-state index is -0.394. The van der Waals surface area contributed by atoms with Crippen LogP contribution in [0.2, 0.25) is 0 Å². The first kappa shape index (κ1) is 14.1. The summed E-state index contributed by atoms with van der Waals surface area (Å²) in [6.07, 6.45) is 0.773. The molecular weight excluding hydrogens is 265 g/mol.